The number of benzene rings is 1. The Balaban J connectivity index is 3.00. The second-order valence-electron chi connectivity index (χ2n) is 3.58. The minimum Gasteiger partial charge on any atom is -0.468 e. The third-order valence-electron chi connectivity index (χ3n) is 2.29. The average molecular weight is 258 g/mol. The fourth-order valence-electron chi connectivity index (χ4n) is 1.46. The number of nitro benzene ring substituents is 1. The molecule has 17 heavy (non-hydrogen) atoms. The number of ether oxygens (including phenoxy) is 1. The van der Waals surface area contributed by atoms with Crippen LogP contribution in [0.15, 0.2) is 18.2 Å². The van der Waals surface area contributed by atoms with Gasteiger partial charge in [0.2, 0.25) is 0 Å². The highest BCUT2D eigenvalue weighted by atomic mass is 35.5. The van der Waals surface area contributed by atoms with Crippen molar-refractivity contribution in [2.24, 2.45) is 0 Å². The molecule has 1 rings (SSSR count). The third-order valence-corrected chi connectivity index (χ3v) is 2.62. The largest absolute Gasteiger partial charge is 0.468 e. The summed E-state index contributed by atoms with van der Waals surface area (Å²) in [5, 5.41) is 9.88. The normalized spacial score (nSPS) is 11.9. The second kappa shape index (κ2) is 5.63. The van der Waals surface area contributed by atoms with Crippen LogP contribution in [0.4, 0.5) is 5.69 Å². The summed E-state index contributed by atoms with van der Waals surface area (Å²) >= 11 is 5.80. The van der Waals surface area contributed by atoms with Crippen LogP contribution >= 0.6 is 11.6 Å². The van der Waals surface area contributed by atoms with Crippen molar-refractivity contribution in [1.82, 2.24) is 0 Å². The molecule has 5 nitrogen and oxygen atoms in total. The lowest BCUT2D eigenvalue weighted by Crippen LogP contribution is -2.19. The van der Waals surface area contributed by atoms with E-state index in [1.54, 1.807) is 12.1 Å². The molecule has 0 N–H and O–H groups in total. The zero-order chi connectivity index (χ0) is 13.0. The molecular weight excluding hydrogens is 246 g/mol. The molecule has 0 saturated carbocycles. The van der Waals surface area contributed by atoms with Gasteiger partial charge in [0.1, 0.15) is 5.38 Å². The van der Waals surface area contributed by atoms with Crippen LogP contribution in [0.25, 0.3) is 0 Å². The van der Waals surface area contributed by atoms with E-state index in [0.717, 1.165) is 5.56 Å². The molecule has 0 saturated heterocycles. The molecule has 0 aliphatic carbocycles. The first kappa shape index (κ1) is 13.4. The quantitative estimate of drug-likeness (QED) is 0.359. The molecule has 1 aromatic carbocycles. The fraction of sp³-hybridized carbons (Fsp3) is 0.364. The van der Waals surface area contributed by atoms with Crippen molar-refractivity contribution in [3.63, 3.8) is 0 Å². The summed E-state index contributed by atoms with van der Waals surface area (Å²) in [5.41, 5.74) is 1.27. The summed E-state index contributed by atoms with van der Waals surface area (Å²) in [6.45, 7) is 1.81. The highest BCUT2D eigenvalue weighted by Gasteiger charge is 2.21. The Labute approximate surface area is 103 Å². The van der Waals surface area contributed by atoms with Gasteiger partial charge in [-0.05, 0) is 13.0 Å². The standard InChI is InChI=1S/C11H12ClNO4/c1-7-3-4-10(13(15)16)8(5-7)6-9(12)11(14)17-2/h3-5,9H,6H2,1-2H3. The molecule has 0 fully saturated rings. The van der Waals surface area contributed by atoms with E-state index in [4.69, 9.17) is 11.6 Å². The molecule has 0 aromatic heterocycles. The van der Waals surface area contributed by atoms with Crippen molar-refractivity contribution in [2.75, 3.05) is 7.11 Å². The molecule has 1 unspecified atom stereocenters. The summed E-state index contributed by atoms with van der Waals surface area (Å²) in [6, 6.07) is 4.70. The van der Waals surface area contributed by atoms with E-state index in [1.165, 1.54) is 13.2 Å². The molecule has 0 radical (unpaired) electrons. The molecule has 0 aliphatic heterocycles. The number of nitro groups is 1. The SMILES string of the molecule is COC(=O)C(Cl)Cc1cc(C)ccc1[N+](=O)[O-]. The Morgan fingerprint density at radius 1 is 1.59 bits per heavy atom. The number of hydrogen-bond donors (Lipinski definition) is 0. The Kier molecular flexibility index (Phi) is 4.45. The number of carbonyl (C=O) groups excluding carboxylic acids is 1. The highest BCUT2D eigenvalue weighted by Crippen LogP contribution is 2.22. The van der Waals surface area contributed by atoms with E-state index < -0.39 is 16.3 Å². The smallest absolute Gasteiger partial charge is 0.324 e. The summed E-state index contributed by atoms with van der Waals surface area (Å²) in [6.07, 6.45) is 0.0756. The lowest BCUT2D eigenvalue weighted by molar-refractivity contribution is -0.385. The molecule has 0 bridgehead atoms. The molecule has 0 aliphatic rings. The van der Waals surface area contributed by atoms with E-state index >= 15 is 0 Å². The van der Waals surface area contributed by atoms with Crippen LogP contribution in [0, 0.1) is 17.0 Å². The van der Waals surface area contributed by atoms with Crippen LogP contribution in [-0.2, 0) is 16.0 Å². The lowest BCUT2D eigenvalue weighted by Gasteiger charge is -2.08. The Morgan fingerprint density at radius 2 is 2.24 bits per heavy atom. The first-order chi connectivity index (χ1) is 7.95. The van der Waals surface area contributed by atoms with Crippen LogP contribution in [0.1, 0.15) is 11.1 Å². The maximum absolute atomic E-state index is 11.2. The Hall–Kier alpha value is -1.62. The maximum atomic E-state index is 11.2. The molecule has 92 valence electrons. The van der Waals surface area contributed by atoms with Crippen molar-refractivity contribution in [3.05, 3.63) is 39.4 Å². The van der Waals surface area contributed by atoms with Crippen molar-refractivity contribution in [2.45, 2.75) is 18.7 Å². The zero-order valence-corrected chi connectivity index (χ0v) is 10.2. The minimum absolute atomic E-state index is 0.0369. The first-order valence-corrected chi connectivity index (χ1v) is 5.35. The van der Waals surface area contributed by atoms with E-state index in [0.29, 0.717) is 5.56 Å². The number of rotatable bonds is 4. The van der Waals surface area contributed by atoms with Crippen molar-refractivity contribution >= 4 is 23.3 Å². The van der Waals surface area contributed by atoms with Gasteiger partial charge < -0.3 is 4.74 Å². The summed E-state index contributed by atoms with van der Waals surface area (Å²) in [4.78, 5) is 21.5. The summed E-state index contributed by atoms with van der Waals surface area (Å²) < 4.78 is 4.47. The number of hydrogen-bond acceptors (Lipinski definition) is 4. The van der Waals surface area contributed by atoms with Crippen LogP contribution in [0.3, 0.4) is 0 Å². The second-order valence-corrected chi connectivity index (χ2v) is 4.11. The van der Waals surface area contributed by atoms with Gasteiger partial charge in [-0.3, -0.25) is 14.9 Å². The fourth-order valence-corrected chi connectivity index (χ4v) is 1.72. The van der Waals surface area contributed by atoms with E-state index in [1.807, 2.05) is 6.92 Å². The van der Waals surface area contributed by atoms with Gasteiger partial charge in [0, 0.05) is 18.1 Å². The number of alkyl halides is 1. The van der Waals surface area contributed by atoms with E-state index in [9.17, 15) is 14.9 Å². The number of carbonyl (C=O) groups is 1. The van der Waals surface area contributed by atoms with Gasteiger partial charge in [0.25, 0.3) is 5.69 Å². The monoisotopic (exact) mass is 257 g/mol. The van der Waals surface area contributed by atoms with Gasteiger partial charge >= 0.3 is 5.97 Å². The van der Waals surface area contributed by atoms with Crippen molar-refractivity contribution < 1.29 is 14.5 Å². The molecular formula is C11H12ClNO4. The van der Waals surface area contributed by atoms with Gasteiger partial charge in [-0.1, -0.05) is 11.6 Å². The molecule has 0 amide bonds. The van der Waals surface area contributed by atoms with Crippen LogP contribution in [-0.4, -0.2) is 23.4 Å². The van der Waals surface area contributed by atoms with Gasteiger partial charge in [-0.15, -0.1) is 11.6 Å². The van der Waals surface area contributed by atoms with Crippen molar-refractivity contribution in [1.29, 1.82) is 0 Å². The van der Waals surface area contributed by atoms with E-state index in [-0.39, 0.29) is 12.1 Å². The third kappa shape index (κ3) is 3.42. The van der Waals surface area contributed by atoms with Gasteiger partial charge in [0.15, 0.2) is 0 Å². The first-order valence-electron chi connectivity index (χ1n) is 4.91. The summed E-state index contributed by atoms with van der Waals surface area (Å²) in [5.74, 6) is -0.595. The molecule has 1 aromatic rings. The zero-order valence-electron chi connectivity index (χ0n) is 9.47. The van der Waals surface area contributed by atoms with Crippen LogP contribution < -0.4 is 0 Å². The molecule has 0 spiro atoms. The number of aryl methyl sites for hydroxylation is 1. The van der Waals surface area contributed by atoms with Gasteiger partial charge in [-0.25, -0.2) is 0 Å². The minimum atomic E-state index is -0.916. The highest BCUT2D eigenvalue weighted by molar-refractivity contribution is 6.30. The Bertz CT molecular complexity index is 447. The molecule has 1 atom stereocenters. The predicted octanol–water partition coefficient (Wildman–Crippen LogP) is 2.23. The van der Waals surface area contributed by atoms with Crippen molar-refractivity contribution in [3.8, 4) is 0 Å². The molecule has 0 heterocycles. The topological polar surface area (TPSA) is 69.4 Å². The average Bonchev–Trinajstić information content (AvgIpc) is 2.27. The van der Waals surface area contributed by atoms with Crippen LogP contribution in [0.2, 0.25) is 0 Å². The predicted molar refractivity (Wildman–Crippen MR) is 63.2 cm³/mol. The number of halogens is 1. The number of esters is 1. The van der Waals surface area contributed by atoms with Gasteiger partial charge in [0.05, 0.1) is 12.0 Å². The Morgan fingerprint density at radius 3 is 2.76 bits per heavy atom. The summed E-state index contributed by atoms with van der Waals surface area (Å²) in [7, 11) is 1.22. The maximum Gasteiger partial charge on any atom is 0.324 e. The van der Waals surface area contributed by atoms with Crippen LogP contribution in [0.5, 0.6) is 0 Å². The number of methoxy groups -OCH3 is 1. The van der Waals surface area contributed by atoms with E-state index in [2.05, 4.69) is 4.74 Å². The molecule has 6 heteroatoms. The number of nitrogens with zero attached hydrogens (tertiary/aromatic N) is 1. The van der Waals surface area contributed by atoms with Gasteiger partial charge in [-0.2, -0.15) is 0 Å². The lowest BCUT2D eigenvalue weighted by atomic mass is 10.0.